The highest BCUT2D eigenvalue weighted by molar-refractivity contribution is 6.32. The number of Topliss-reactive ketones (excluding diaryl/α,β-unsaturated/α-hetero) is 5. The molecule has 1 aromatic carbocycles. The first-order valence-electron chi connectivity index (χ1n) is 14.4. The molecule has 2 N–H and O–H groups in total. The van der Waals surface area contributed by atoms with Gasteiger partial charge in [0.25, 0.3) is 0 Å². The Morgan fingerprint density at radius 1 is 1.03 bits per heavy atom. The summed E-state index contributed by atoms with van der Waals surface area (Å²) in [5.41, 5.74) is -3.28. The Bertz CT molecular complexity index is 1290. The highest BCUT2D eigenvalue weighted by Crippen LogP contribution is 2.63. The smallest absolute Gasteiger partial charge is 0.190 e. The Kier molecular flexibility index (Phi) is 6.57. The van der Waals surface area contributed by atoms with Crippen LogP contribution in [0.3, 0.4) is 0 Å². The van der Waals surface area contributed by atoms with Crippen LogP contribution in [-0.4, -0.2) is 44.7 Å². The number of fused-ring (bicyclic) bond motifs is 3. The van der Waals surface area contributed by atoms with Gasteiger partial charge in [0.15, 0.2) is 28.7 Å². The zero-order valence-corrected chi connectivity index (χ0v) is 23.6. The monoisotopic (exact) mass is 536 g/mol. The van der Waals surface area contributed by atoms with Crippen LogP contribution >= 0.6 is 0 Å². The summed E-state index contributed by atoms with van der Waals surface area (Å²) in [5.74, 6) is -7.99. The molecule has 7 heteroatoms. The minimum Gasteiger partial charge on any atom is -0.507 e. The van der Waals surface area contributed by atoms with Crippen molar-refractivity contribution in [2.24, 2.45) is 40.4 Å². The van der Waals surface area contributed by atoms with Crippen molar-refractivity contribution in [1.82, 2.24) is 0 Å². The van der Waals surface area contributed by atoms with Crippen molar-refractivity contribution >= 4 is 28.9 Å². The Balaban J connectivity index is 1.66. The van der Waals surface area contributed by atoms with Gasteiger partial charge in [0.05, 0.1) is 11.5 Å². The van der Waals surface area contributed by atoms with Crippen molar-refractivity contribution < 1.29 is 34.2 Å². The predicted octanol–water partition coefficient (Wildman–Crippen LogP) is 4.22. The van der Waals surface area contributed by atoms with Crippen LogP contribution in [0, 0.1) is 40.4 Å². The van der Waals surface area contributed by atoms with Gasteiger partial charge in [0.2, 0.25) is 0 Å². The lowest BCUT2D eigenvalue weighted by Crippen LogP contribution is -2.76. The molecule has 4 aliphatic rings. The summed E-state index contributed by atoms with van der Waals surface area (Å²) in [4.78, 5) is 68.2. The molecule has 3 fully saturated rings. The second kappa shape index (κ2) is 9.18. The zero-order chi connectivity index (χ0) is 28.7. The minimum atomic E-state index is -2.65. The third-order valence-electron chi connectivity index (χ3n) is 10.6. The first kappa shape index (κ1) is 27.9. The summed E-state index contributed by atoms with van der Waals surface area (Å²) in [6.07, 6.45) is 7.00. The fraction of sp³-hybridized carbons (Fsp3) is 0.656. The third kappa shape index (κ3) is 3.75. The number of hydrogen-bond acceptors (Lipinski definition) is 7. The molecule has 0 spiro atoms. The quantitative estimate of drug-likeness (QED) is 0.552. The van der Waals surface area contributed by atoms with Crippen LogP contribution in [-0.2, 0) is 32.0 Å². The molecular formula is C32H40O7. The van der Waals surface area contributed by atoms with Gasteiger partial charge in [-0.3, -0.25) is 24.0 Å². The van der Waals surface area contributed by atoms with Crippen molar-refractivity contribution in [3.8, 4) is 5.75 Å². The molecule has 6 atom stereocenters. The number of phenolic OH excluding ortho intramolecular Hbond substituents is 1. The molecule has 0 aliphatic heterocycles. The topological polar surface area (TPSA) is 126 Å². The summed E-state index contributed by atoms with van der Waals surface area (Å²) >= 11 is 0. The van der Waals surface area contributed by atoms with Crippen LogP contribution in [0.5, 0.6) is 5.75 Å². The first-order chi connectivity index (χ1) is 18.2. The molecule has 0 radical (unpaired) electrons. The summed E-state index contributed by atoms with van der Waals surface area (Å²) in [6.45, 7) is 8.15. The maximum absolute atomic E-state index is 14.3. The molecule has 3 unspecified atom stereocenters. The van der Waals surface area contributed by atoms with E-state index >= 15 is 0 Å². The zero-order valence-electron chi connectivity index (χ0n) is 23.6. The summed E-state index contributed by atoms with van der Waals surface area (Å²) in [7, 11) is 0. The SMILES string of the molecule is CC(=O)C1C(=O)C(C(C)C)[C@@]2(C)C[C@@]3(C)Cc4c(CC5CCCCC5)ccc(O)c4C(=O)C3C(=O)[C@@]2(O)C1=O. The number of benzene rings is 1. The van der Waals surface area contributed by atoms with Crippen molar-refractivity contribution in [1.29, 1.82) is 0 Å². The number of rotatable bonds is 4. The molecule has 1 aromatic rings. The first-order valence-corrected chi connectivity index (χ1v) is 14.4. The molecule has 4 aliphatic carbocycles. The highest BCUT2D eigenvalue weighted by atomic mass is 16.3. The second-order valence-corrected chi connectivity index (χ2v) is 13.6. The normalized spacial score (nSPS) is 36.9. The molecule has 7 nitrogen and oxygen atoms in total. The molecule has 0 amide bonds. The molecule has 0 heterocycles. The van der Waals surface area contributed by atoms with Crippen molar-refractivity contribution in [3.63, 3.8) is 0 Å². The number of aromatic hydroxyl groups is 1. The summed E-state index contributed by atoms with van der Waals surface area (Å²) < 4.78 is 0. The second-order valence-electron chi connectivity index (χ2n) is 13.6. The number of carbonyl (C=O) groups excluding carboxylic acids is 5. The summed E-state index contributed by atoms with van der Waals surface area (Å²) in [6, 6.07) is 3.39. The maximum Gasteiger partial charge on any atom is 0.190 e. The largest absolute Gasteiger partial charge is 0.507 e. The molecule has 3 saturated carbocycles. The van der Waals surface area contributed by atoms with Crippen LogP contribution < -0.4 is 0 Å². The van der Waals surface area contributed by atoms with E-state index in [4.69, 9.17) is 0 Å². The fourth-order valence-corrected chi connectivity index (χ4v) is 9.09. The van der Waals surface area contributed by atoms with E-state index in [-0.39, 0.29) is 23.7 Å². The molecule has 0 bridgehead atoms. The average Bonchev–Trinajstić information content (AvgIpc) is 2.83. The van der Waals surface area contributed by atoms with Crippen molar-refractivity contribution in [2.75, 3.05) is 0 Å². The van der Waals surface area contributed by atoms with Crippen LogP contribution in [0.15, 0.2) is 12.1 Å². The van der Waals surface area contributed by atoms with Gasteiger partial charge >= 0.3 is 0 Å². The van der Waals surface area contributed by atoms with Gasteiger partial charge in [0.1, 0.15) is 17.5 Å². The molecule has 0 saturated heterocycles. The average molecular weight is 537 g/mol. The van der Waals surface area contributed by atoms with Gasteiger partial charge in [-0.15, -0.1) is 0 Å². The van der Waals surface area contributed by atoms with Gasteiger partial charge in [-0.25, -0.2) is 0 Å². The Morgan fingerprint density at radius 2 is 1.67 bits per heavy atom. The van der Waals surface area contributed by atoms with E-state index < -0.39 is 63.1 Å². The lowest BCUT2D eigenvalue weighted by Gasteiger charge is -2.62. The van der Waals surface area contributed by atoms with E-state index in [1.165, 1.54) is 25.3 Å². The minimum absolute atomic E-state index is 0.0849. The van der Waals surface area contributed by atoms with E-state index in [2.05, 4.69) is 0 Å². The molecular weight excluding hydrogens is 496 g/mol. The molecule has 39 heavy (non-hydrogen) atoms. The number of hydrogen-bond donors (Lipinski definition) is 2. The van der Waals surface area contributed by atoms with E-state index in [9.17, 15) is 34.2 Å². The van der Waals surface area contributed by atoms with Gasteiger partial charge in [-0.2, -0.15) is 0 Å². The van der Waals surface area contributed by atoms with Gasteiger partial charge in [0, 0.05) is 11.3 Å². The number of ketones is 5. The number of phenols is 1. The van der Waals surface area contributed by atoms with Crippen molar-refractivity contribution in [2.45, 2.75) is 91.6 Å². The fourth-order valence-electron chi connectivity index (χ4n) is 9.09. The van der Waals surface area contributed by atoms with Crippen molar-refractivity contribution in [3.05, 3.63) is 28.8 Å². The standard InChI is InChI=1S/C32H40O7/c1-16(2)24-26(35)22(17(3)33)28(37)32(39)29(38)25-27(36)23-20(14-30(25,4)15-31(24,32)5)19(11-12-21(23)34)13-18-9-7-6-8-10-18/h11-12,16,18,22,24-25,34,39H,6-10,13-15H2,1-5H3/t22?,24?,25?,30-,31-,32+/m1/s1. The molecule has 5 rings (SSSR count). The number of aliphatic hydroxyl groups is 1. The van der Waals surface area contributed by atoms with E-state index in [0.717, 1.165) is 37.3 Å². The summed E-state index contributed by atoms with van der Waals surface area (Å²) in [5, 5.41) is 22.9. The Labute approximate surface area is 229 Å². The van der Waals surface area contributed by atoms with Gasteiger partial charge in [-0.1, -0.05) is 65.9 Å². The maximum atomic E-state index is 14.3. The third-order valence-corrected chi connectivity index (χ3v) is 10.6. The van der Waals surface area contributed by atoms with Crippen LogP contribution in [0.4, 0.5) is 0 Å². The van der Waals surface area contributed by atoms with E-state index in [0.29, 0.717) is 12.3 Å². The molecule has 0 aromatic heterocycles. The molecule has 210 valence electrons. The predicted molar refractivity (Wildman–Crippen MR) is 143 cm³/mol. The highest BCUT2D eigenvalue weighted by Gasteiger charge is 2.76. The lowest BCUT2D eigenvalue weighted by molar-refractivity contribution is -0.205. The van der Waals surface area contributed by atoms with Crippen LogP contribution in [0.2, 0.25) is 0 Å². The Morgan fingerprint density at radius 3 is 2.26 bits per heavy atom. The van der Waals surface area contributed by atoms with Gasteiger partial charge in [-0.05, 0) is 60.6 Å². The van der Waals surface area contributed by atoms with E-state index in [1.807, 2.05) is 13.0 Å². The van der Waals surface area contributed by atoms with Gasteiger partial charge < -0.3 is 10.2 Å². The Hall–Kier alpha value is -2.67. The van der Waals surface area contributed by atoms with Crippen LogP contribution in [0.1, 0.15) is 94.6 Å². The lowest BCUT2D eigenvalue weighted by atomic mass is 9.40. The number of carbonyl (C=O) groups is 5. The van der Waals surface area contributed by atoms with Crippen LogP contribution in [0.25, 0.3) is 0 Å². The van der Waals surface area contributed by atoms with E-state index in [1.54, 1.807) is 20.8 Å².